The van der Waals surface area contributed by atoms with E-state index in [1.54, 1.807) is 36.9 Å². The molecule has 1 saturated heterocycles. The van der Waals surface area contributed by atoms with Crippen molar-refractivity contribution in [2.24, 2.45) is 4.99 Å². The summed E-state index contributed by atoms with van der Waals surface area (Å²) in [7, 11) is 3.49. The quantitative estimate of drug-likeness (QED) is 0.122. The van der Waals surface area contributed by atoms with Crippen LogP contribution in [0.15, 0.2) is 64.6 Å². The van der Waals surface area contributed by atoms with Gasteiger partial charge in [0, 0.05) is 97.9 Å². The fourth-order valence-electron chi connectivity index (χ4n) is 7.42. The second-order valence-corrected chi connectivity index (χ2v) is 15.2. The Bertz CT molecular complexity index is 2060. The van der Waals surface area contributed by atoms with Crippen LogP contribution in [0.4, 0.5) is 14.5 Å². The largest absolute Gasteiger partial charge is 0.490 e. The summed E-state index contributed by atoms with van der Waals surface area (Å²) in [5, 5.41) is 6.04. The normalized spacial score (nSPS) is 18.6. The second kappa shape index (κ2) is 19.0. The van der Waals surface area contributed by atoms with Crippen molar-refractivity contribution >= 4 is 28.8 Å². The highest BCUT2D eigenvalue weighted by Gasteiger charge is 2.31. The molecule has 0 radical (unpaired) electrons. The first kappa shape index (κ1) is 40.2. The Morgan fingerprint density at radius 1 is 1.07 bits per heavy atom. The molecule has 14 nitrogen and oxygen atoms in total. The van der Waals surface area contributed by atoms with Gasteiger partial charge < -0.3 is 29.3 Å². The van der Waals surface area contributed by atoms with Gasteiger partial charge in [0.15, 0.2) is 34.1 Å². The first-order chi connectivity index (χ1) is 27.8. The van der Waals surface area contributed by atoms with Crippen LogP contribution in [0, 0.1) is 11.6 Å². The number of rotatable bonds is 16. The van der Waals surface area contributed by atoms with Crippen LogP contribution in [0.25, 0.3) is 11.6 Å². The molecule has 302 valence electrons. The smallest absolute Gasteiger partial charge is 0.337 e. The van der Waals surface area contributed by atoms with Crippen LogP contribution in [0.3, 0.4) is 0 Å². The molecule has 1 N–H and O–H groups in total. The Morgan fingerprint density at radius 2 is 1.91 bits per heavy atom. The van der Waals surface area contributed by atoms with E-state index in [0.29, 0.717) is 67.9 Å². The first-order valence-electron chi connectivity index (χ1n) is 19.3. The number of nitrogens with zero attached hydrogens (tertiary/aromatic N) is 9. The van der Waals surface area contributed by atoms with Crippen LogP contribution < -0.4 is 15.0 Å². The molecule has 57 heavy (non-hydrogen) atoms. The lowest BCUT2D eigenvalue weighted by molar-refractivity contribution is -0.136. The number of morpholine rings is 1. The summed E-state index contributed by atoms with van der Waals surface area (Å²) >= 11 is 1.49. The lowest BCUT2D eigenvalue weighted by Crippen LogP contribution is -2.52. The minimum Gasteiger partial charge on any atom is -0.490 e. The number of methoxy groups -OCH3 is 1. The van der Waals surface area contributed by atoms with Gasteiger partial charge in [-0.05, 0) is 39.4 Å². The van der Waals surface area contributed by atoms with Crippen molar-refractivity contribution < 1.29 is 27.8 Å². The van der Waals surface area contributed by atoms with E-state index in [9.17, 15) is 13.6 Å². The molecule has 3 aliphatic heterocycles. The summed E-state index contributed by atoms with van der Waals surface area (Å²) in [5.74, 6) is -0.808. The molecule has 3 aromatic heterocycles. The zero-order valence-electron chi connectivity index (χ0n) is 32.5. The Hall–Kier alpha value is -4.97. The predicted octanol–water partition coefficient (Wildman–Crippen LogP) is 4.84. The van der Waals surface area contributed by atoms with Gasteiger partial charge in [-0.2, -0.15) is 4.39 Å². The zero-order chi connectivity index (χ0) is 39.7. The van der Waals surface area contributed by atoms with E-state index in [-0.39, 0.29) is 37.0 Å². The molecular formula is C40H48F2N10O4S. The molecule has 2 atom stereocenters. The number of hydrogen-bond donors (Lipinski definition) is 1. The predicted molar refractivity (Wildman–Crippen MR) is 212 cm³/mol. The number of nitrogens with one attached hydrogen (secondary N) is 1. The monoisotopic (exact) mass is 802 g/mol. The molecule has 0 saturated carbocycles. The van der Waals surface area contributed by atoms with E-state index >= 15 is 0 Å². The number of unbranched alkanes of at least 4 members (excludes halogenated alkanes) is 3. The van der Waals surface area contributed by atoms with E-state index < -0.39 is 11.6 Å². The number of benzene rings is 1. The standard InChI is InChI=1S/C40H48F2N10O4S/c1-26-29-21-46-37(36-43-10-8-11-44-36)48-32(29)9-14-52(26)27-19-31(41)35(42)34(20-27)56-16-7-5-4-6-13-50(2)23-28-25-55-17-15-51(28)24-33-30(40(53)54-3)22-47-38(49-33)39-45-12-18-57-39/h8,10-12,18-21,26,28H,4-7,9,13-17,22-25H2,1-3H3,(H,47,49). The number of anilines is 1. The van der Waals surface area contributed by atoms with Crippen LogP contribution in [0.5, 0.6) is 5.75 Å². The number of halogens is 2. The van der Waals surface area contributed by atoms with E-state index in [4.69, 9.17) is 19.2 Å². The first-order valence-corrected chi connectivity index (χ1v) is 20.2. The Kier molecular flexibility index (Phi) is 13.4. The van der Waals surface area contributed by atoms with Crippen LogP contribution in [0.1, 0.15) is 54.9 Å². The van der Waals surface area contributed by atoms with E-state index in [0.717, 1.165) is 60.9 Å². The minimum absolute atomic E-state index is 0.0839. The Labute approximate surface area is 335 Å². The van der Waals surface area contributed by atoms with Gasteiger partial charge in [0.05, 0.1) is 50.8 Å². The summed E-state index contributed by atoms with van der Waals surface area (Å²) in [6, 6.07) is 4.53. The molecule has 3 aliphatic rings. The average molecular weight is 803 g/mol. The van der Waals surface area contributed by atoms with Crippen molar-refractivity contribution in [1.82, 2.24) is 40.0 Å². The van der Waals surface area contributed by atoms with Crippen LogP contribution in [0.2, 0.25) is 0 Å². The third kappa shape index (κ3) is 9.77. The summed E-state index contributed by atoms with van der Waals surface area (Å²) in [5.41, 5.74) is 3.67. The maximum absolute atomic E-state index is 14.9. The number of carbonyl (C=O) groups is 1. The number of amidine groups is 1. The number of likely N-dealkylation sites (N-methyl/N-ethyl adjacent to an activating group) is 1. The molecule has 0 spiro atoms. The van der Waals surface area contributed by atoms with E-state index in [2.05, 4.69) is 47.1 Å². The van der Waals surface area contributed by atoms with Crippen molar-refractivity contribution in [2.75, 3.05) is 78.1 Å². The summed E-state index contributed by atoms with van der Waals surface area (Å²) in [6.07, 6.45) is 11.0. The fourth-order valence-corrected chi connectivity index (χ4v) is 8.02. The topological polar surface area (TPSA) is 143 Å². The van der Waals surface area contributed by atoms with Crippen molar-refractivity contribution in [3.63, 3.8) is 0 Å². The van der Waals surface area contributed by atoms with Gasteiger partial charge in [-0.25, -0.2) is 34.1 Å². The van der Waals surface area contributed by atoms with Crippen molar-refractivity contribution in [3.05, 3.63) is 87.5 Å². The third-order valence-corrected chi connectivity index (χ3v) is 11.3. The molecule has 2 unspecified atom stereocenters. The van der Waals surface area contributed by atoms with Gasteiger partial charge in [0.25, 0.3) is 0 Å². The lowest BCUT2D eigenvalue weighted by Gasteiger charge is -2.38. The molecule has 17 heteroatoms. The number of thiazole rings is 1. The van der Waals surface area contributed by atoms with Crippen molar-refractivity contribution in [1.29, 1.82) is 0 Å². The fraction of sp³-hybridized carbons (Fsp3) is 0.475. The highest BCUT2D eigenvalue weighted by atomic mass is 32.1. The molecule has 1 aromatic carbocycles. The number of aliphatic imine (C=N–C) groups is 1. The Balaban J connectivity index is 0.860. The van der Waals surface area contributed by atoms with Gasteiger partial charge in [-0.3, -0.25) is 9.89 Å². The maximum atomic E-state index is 14.9. The van der Waals surface area contributed by atoms with Crippen molar-refractivity contribution in [2.45, 2.75) is 51.1 Å². The molecule has 7 rings (SSSR count). The van der Waals surface area contributed by atoms with Crippen LogP contribution in [-0.2, 0) is 20.7 Å². The Morgan fingerprint density at radius 3 is 2.72 bits per heavy atom. The van der Waals surface area contributed by atoms with Gasteiger partial charge >= 0.3 is 5.97 Å². The number of esters is 1. The second-order valence-electron chi connectivity index (χ2n) is 14.3. The van der Waals surface area contributed by atoms with Gasteiger partial charge in [-0.15, -0.1) is 11.3 Å². The summed E-state index contributed by atoms with van der Waals surface area (Å²) in [6.45, 7) is 7.28. The number of aromatic nitrogens is 5. The van der Waals surface area contributed by atoms with Crippen LogP contribution in [-0.4, -0.2) is 126 Å². The molecular weight excluding hydrogens is 755 g/mol. The van der Waals surface area contributed by atoms with Crippen LogP contribution >= 0.6 is 11.3 Å². The van der Waals surface area contributed by atoms with E-state index in [1.807, 2.05) is 17.2 Å². The minimum atomic E-state index is -0.979. The third-order valence-electron chi connectivity index (χ3n) is 10.5. The molecule has 0 bridgehead atoms. The van der Waals surface area contributed by atoms with Gasteiger partial charge in [-0.1, -0.05) is 12.8 Å². The SMILES string of the molecule is COC(=O)C1=C(CN2CCOCC2CN(C)CCCCCCOc2cc(N3CCc4nc(-c5ncccn5)ncc4C3C)cc(F)c2F)NC(c2nccs2)=NC1. The van der Waals surface area contributed by atoms with Crippen molar-refractivity contribution in [3.8, 4) is 17.4 Å². The molecule has 1 fully saturated rings. The number of fused-ring (bicyclic) bond motifs is 1. The number of ether oxygens (including phenoxy) is 3. The lowest BCUT2D eigenvalue weighted by atomic mass is 9.98. The highest BCUT2D eigenvalue weighted by Crippen LogP contribution is 2.36. The van der Waals surface area contributed by atoms with Gasteiger partial charge in [0.2, 0.25) is 5.82 Å². The molecule has 0 aliphatic carbocycles. The van der Waals surface area contributed by atoms with E-state index in [1.165, 1.54) is 24.5 Å². The molecule has 0 amide bonds. The summed E-state index contributed by atoms with van der Waals surface area (Å²) < 4.78 is 46.6. The molecule has 6 heterocycles. The average Bonchev–Trinajstić information content (AvgIpc) is 3.78. The number of hydrogen-bond acceptors (Lipinski definition) is 15. The molecule has 4 aromatic rings. The highest BCUT2D eigenvalue weighted by molar-refractivity contribution is 7.11. The summed E-state index contributed by atoms with van der Waals surface area (Å²) in [4.78, 5) is 45.9. The zero-order valence-corrected chi connectivity index (χ0v) is 33.3. The number of carbonyl (C=O) groups excluding carboxylic acids is 1. The van der Waals surface area contributed by atoms with Gasteiger partial charge in [0.1, 0.15) is 0 Å². The maximum Gasteiger partial charge on any atom is 0.337 e.